The number of nitrogens with one attached hydrogen (secondary N) is 1. The Balaban J connectivity index is 3.63. The van der Waals surface area contributed by atoms with Gasteiger partial charge in [-0.1, -0.05) is 0 Å². The summed E-state index contributed by atoms with van der Waals surface area (Å²) in [6.45, 7) is 4.39. The number of ether oxygens (including phenoxy) is 2. The lowest BCUT2D eigenvalue weighted by Gasteiger charge is -2.37. The molecule has 0 aliphatic rings. The number of anilines is 1. The van der Waals surface area contributed by atoms with Crippen molar-refractivity contribution in [2.75, 3.05) is 11.1 Å². The van der Waals surface area contributed by atoms with Crippen LogP contribution < -0.4 is 5.32 Å². The molecular weight excluding hydrogens is 718 g/mol. The topological polar surface area (TPSA) is 122 Å². The Bertz CT molecular complexity index is 1020. The predicted molar refractivity (Wildman–Crippen MR) is 117 cm³/mol. The first-order valence-electron chi connectivity index (χ1n) is 8.28. The number of halogens is 8. The highest BCUT2D eigenvalue weighted by Gasteiger charge is 2.75. The van der Waals surface area contributed by atoms with E-state index in [1.807, 2.05) is 5.32 Å². The molecule has 0 atom stereocenters. The van der Waals surface area contributed by atoms with Crippen LogP contribution >= 0.6 is 45.2 Å². The fourth-order valence-corrected chi connectivity index (χ4v) is 5.06. The molecule has 8 nitrogen and oxygen atoms in total. The van der Waals surface area contributed by atoms with Crippen molar-refractivity contribution in [3.63, 3.8) is 0 Å². The number of esters is 1. The number of alkyl halides is 6. The van der Waals surface area contributed by atoms with Crippen LogP contribution in [0.4, 0.5) is 36.8 Å². The summed E-state index contributed by atoms with van der Waals surface area (Å²) in [6, 6.07) is 2.11. The Morgan fingerprint density at radius 1 is 1.00 bits per heavy atom. The fraction of sp³-hybridized carbons (Fsp3) is 0.500. The summed E-state index contributed by atoms with van der Waals surface area (Å²) in [5.41, 5.74) is -8.24. The maximum absolute atomic E-state index is 13.4. The van der Waals surface area contributed by atoms with Gasteiger partial charge in [0.1, 0.15) is 5.60 Å². The van der Waals surface area contributed by atoms with Gasteiger partial charge in [0.15, 0.2) is 0 Å². The third-order valence-corrected chi connectivity index (χ3v) is 5.70. The van der Waals surface area contributed by atoms with Gasteiger partial charge in [-0.25, -0.2) is 18.0 Å². The Labute approximate surface area is 210 Å². The molecule has 0 spiro atoms. The smallest absolute Gasteiger partial charge is 0.438 e. The van der Waals surface area contributed by atoms with Gasteiger partial charge in [0.25, 0.3) is 0 Å². The van der Waals surface area contributed by atoms with E-state index in [-0.39, 0.29) is 7.14 Å². The third kappa shape index (κ3) is 7.98. The van der Waals surface area contributed by atoms with E-state index in [0.29, 0.717) is 0 Å². The van der Waals surface area contributed by atoms with Crippen LogP contribution in [0.5, 0.6) is 0 Å². The molecule has 0 heterocycles. The van der Waals surface area contributed by atoms with Crippen LogP contribution in [0, 0.1) is 7.14 Å². The normalized spacial score (nSPS) is 13.5. The molecule has 0 aromatic heterocycles. The van der Waals surface area contributed by atoms with E-state index in [2.05, 4.69) is 4.74 Å². The molecule has 0 fully saturated rings. The average molecular weight is 732 g/mol. The van der Waals surface area contributed by atoms with Crippen molar-refractivity contribution in [3.8, 4) is 0 Å². The second kappa shape index (κ2) is 9.88. The number of carbonyl (C=O) groups excluding carboxylic acids is 2. The van der Waals surface area contributed by atoms with E-state index in [0.717, 1.165) is 6.07 Å². The molecule has 0 saturated carbocycles. The molecule has 1 aromatic rings. The van der Waals surface area contributed by atoms with Gasteiger partial charge < -0.3 is 14.0 Å². The number of hydrogen-bond donors (Lipinski definition) is 1. The van der Waals surface area contributed by atoms with E-state index in [9.17, 15) is 48.9 Å². The summed E-state index contributed by atoms with van der Waals surface area (Å²) in [5, 5.41) is 2.04. The number of amides is 1. The lowest BCUT2D eigenvalue weighted by molar-refractivity contribution is -0.356. The average Bonchev–Trinajstić information content (AvgIpc) is 2.51. The quantitative estimate of drug-likeness (QED) is 0.200. The van der Waals surface area contributed by atoms with E-state index in [4.69, 9.17) is 4.74 Å². The summed E-state index contributed by atoms with van der Waals surface area (Å²) in [5.74, 6) is -5.44. The predicted octanol–water partition coefficient (Wildman–Crippen LogP) is 4.81. The fourth-order valence-electron chi connectivity index (χ4n) is 2.20. The summed E-state index contributed by atoms with van der Waals surface area (Å²) in [6.07, 6.45) is -14.3. The molecule has 1 aromatic carbocycles. The van der Waals surface area contributed by atoms with Gasteiger partial charge in [-0.15, -0.1) is 0 Å². The maximum atomic E-state index is 13.4. The van der Waals surface area contributed by atoms with Crippen LogP contribution in [0.1, 0.15) is 31.1 Å². The molecule has 1 rings (SSSR count). The lowest BCUT2D eigenvalue weighted by Crippen LogP contribution is -2.63. The minimum Gasteiger partial charge on any atom is -0.748 e. The monoisotopic (exact) mass is 732 g/mol. The van der Waals surface area contributed by atoms with Crippen molar-refractivity contribution >= 4 is 73.0 Å². The highest BCUT2D eigenvalue weighted by molar-refractivity contribution is 14.1. The molecule has 188 valence electrons. The molecule has 0 unspecified atom stereocenters. The van der Waals surface area contributed by atoms with Crippen LogP contribution in [0.15, 0.2) is 12.1 Å². The second-order valence-electron chi connectivity index (χ2n) is 7.35. The van der Waals surface area contributed by atoms with Crippen molar-refractivity contribution in [3.05, 3.63) is 24.8 Å². The molecular formula is C16H14F6I2NO7S-. The molecule has 1 amide bonds. The van der Waals surface area contributed by atoms with Gasteiger partial charge >= 0.3 is 30.0 Å². The molecule has 0 aliphatic heterocycles. The third-order valence-electron chi connectivity index (χ3n) is 3.46. The molecule has 1 N–H and O–H groups in total. The van der Waals surface area contributed by atoms with Gasteiger partial charge in [-0.3, -0.25) is 5.32 Å². The molecule has 33 heavy (non-hydrogen) atoms. The SMILES string of the molecule is CC(C)(C)OC(=O)Nc1c(I)cc(I)cc1C(=O)OC(CS(=O)(=O)[O-])(C(F)(F)F)C(F)(F)F. The number of benzene rings is 1. The van der Waals surface area contributed by atoms with E-state index >= 15 is 0 Å². The Hall–Kier alpha value is -1.09. The molecule has 0 aliphatic carbocycles. The highest BCUT2D eigenvalue weighted by Crippen LogP contribution is 2.47. The molecule has 0 saturated heterocycles. The number of hydrogen-bond acceptors (Lipinski definition) is 7. The summed E-state index contributed by atoms with van der Waals surface area (Å²) >= 11 is 3.12. The van der Waals surface area contributed by atoms with Crippen molar-refractivity contribution in [2.24, 2.45) is 0 Å². The number of carbonyl (C=O) groups is 2. The Morgan fingerprint density at radius 2 is 1.48 bits per heavy atom. The maximum Gasteiger partial charge on any atom is 0.438 e. The van der Waals surface area contributed by atoms with Crippen LogP contribution in [-0.4, -0.2) is 54.3 Å². The van der Waals surface area contributed by atoms with Crippen LogP contribution in [0.25, 0.3) is 0 Å². The van der Waals surface area contributed by atoms with Crippen molar-refractivity contribution in [1.82, 2.24) is 0 Å². The summed E-state index contributed by atoms with van der Waals surface area (Å²) < 4.78 is 122. The van der Waals surface area contributed by atoms with Gasteiger partial charge in [-0.2, -0.15) is 26.3 Å². The molecule has 0 radical (unpaired) electrons. The van der Waals surface area contributed by atoms with Gasteiger partial charge in [0, 0.05) is 7.14 Å². The first kappa shape index (κ1) is 29.9. The van der Waals surface area contributed by atoms with Crippen molar-refractivity contribution in [2.45, 2.75) is 44.3 Å². The van der Waals surface area contributed by atoms with E-state index < -0.39 is 62.7 Å². The second-order valence-corrected chi connectivity index (χ2v) is 11.2. The van der Waals surface area contributed by atoms with Gasteiger partial charge in [-0.05, 0) is 78.1 Å². The van der Waals surface area contributed by atoms with E-state index in [1.165, 1.54) is 49.4 Å². The van der Waals surface area contributed by atoms with Crippen molar-refractivity contribution in [1.29, 1.82) is 0 Å². The zero-order chi connectivity index (χ0) is 26.2. The van der Waals surface area contributed by atoms with Crippen molar-refractivity contribution < 1.29 is 58.4 Å². The minimum absolute atomic E-state index is 0.00151. The standard InChI is InChI=1S/C16H15F6I2NO7S/c1-13(2,3)32-12(27)25-10-8(4-7(23)5-9(10)24)11(26)31-14(15(17,18)19,16(20,21)22)6-33(28,29)30/h4-5H,6H2,1-3H3,(H,25,27)(H,28,29,30)/p-1. The largest absolute Gasteiger partial charge is 0.748 e. The first-order valence-corrected chi connectivity index (χ1v) is 12.0. The first-order chi connectivity index (χ1) is 14.5. The minimum atomic E-state index is -6.54. The number of rotatable bonds is 5. The highest BCUT2D eigenvalue weighted by atomic mass is 127. The Kier molecular flexibility index (Phi) is 8.96. The summed E-state index contributed by atoms with van der Waals surface area (Å²) in [7, 11) is -6.20. The zero-order valence-corrected chi connectivity index (χ0v) is 21.8. The molecule has 17 heteroatoms. The molecule has 0 bridgehead atoms. The zero-order valence-electron chi connectivity index (χ0n) is 16.7. The Morgan fingerprint density at radius 3 is 1.88 bits per heavy atom. The summed E-state index contributed by atoms with van der Waals surface area (Å²) in [4.78, 5) is 24.6. The van der Waals surface area contributed by atoms with Gasteiger partial charge in [0.05, 0.1) is 27.1 Å². The van der Waals surface area contributed by atoms with Crippen LogP contribution in [0.3, 0.4) is 0 Å². The van der Waals surface area contributed by atoms with Gasteiger partial charge in [0.2, 0.25) is 0 Å². The van der Waals surface area contributed by atoms with Crippen LogP contribution in [0.2, 0.25) is 0 Å². The lowest BCUT2D eigenvalue weighted by atomic mass is 10.0. The van der Waals surface area contributed by atoms with Crippen LogP contribution in [-0.2, 0) is 19.6 Å². The van der Waals surface area contributed by atoms with E-state index in [1.54, 1.807) is 22.6 Å².